The van der Waals surface area contributed by atoms with Crippen LogP contribution in [0.1, 0.15) is 24.8 Å². The molecule has 0 radical (unpaired) electrons. The minimum absolute atomic E-state index is 0.353. The predicted octanol–water partition coefficient (Wildman–Crippen LogP) is 1.71. The van der Waals surface area contributed by atoms with Crippen LogP contribution in [0.2, 0.25) is 0 Å². The first-order chi connectivity index (χ1) is 8.29. The summed E-state index contributed by atoms with van der Waals surface area (Å²) in [5, 5.41) is 3.55. The van der Waals surface area contributed by atoms with Crippen LogP contribution in [0.4, 0.5) is 0 Å². The van der Waals surface area contributed by atoms with E-state index in [2.05, 4.69) is 17.4 Å². The van der Waals surface area contributed by atoms with Crippen molar-refractivity contribution < 1.29 is 4.74 Å². The van der Waals surface area contributed by atoms with Crippen LogP contribution in [0.25, 0.3) is 0 Å². The molecule has 0 bridgehead atoms. The number of benzene rings is 1. The third-order valence-corrected chi connectivity index (χ3v) is 3.55. The lowest BCUT2D eigenvalue weighted by Crippen LogP contribution is -2.41. The Morgan fingerprint density at radius 3 is 2.65 bits per heavy atom. The molecule has 2 atom stereocenters. The van der Waals surface area contributed by atoms with E-state index in [1.807, 2.05) is 12.1 Å². The van der Waals surface area contributed by atoms with E-state index in [4.69, 9.17) is 10.5 Å². The summed E-state index contributed by atoms with van der Waals surface area (Å²) >= 11 is 0. The lowest BCUT2D eigenvalue weighted by Gasteiger charge is -2.17. The van der Waals surface area contributed by atoms with E-state index < -0.39 is 0 Å². The van der Waals surface area contributed by atoms with E-state index in [0.29, 0.717) is 12.1 Å². The van der Waals surface area contributed by atoms with Crippen molar-refractivity contribution in [2.24, 2.45) is 5.73 Å². The number of nitrogens with one attached hydrogen (secondary N) is 1. The number of methoxy groups -OCH3 is 1. The molecule has 0 amide bonds. The summed E-state index contributed by atoms with van der Waals surface area (Å²) in [6.45, 7) is 1.00. The van der Waals surface area contributed by atoms with Gasteiger partial charge in [0.05, 0.1) is 7.11 Å². The van der Waals surface area contributed by atoms with Gasteiger partial charge in [-0.25, -0.2) is 0 Å². The van der Waals surface area contributed by atoms with E-state index >= 15 is 0 Å². The van der Waals surface area contributed by atoms with Gasteiger partial charge in [0.2, 0.25) is 0 Å². The molecule has 1 aliphatic carbocycles. The van der Waals surface area contributed by atoms with Crippen LogP contribution in [0.15, 0.2) is 24.3 Å². The van der Waals surface area contributed by atoms with Gasteiger partial charge in [0.25, 0.3) is 0 Å². The van der Waals surface area contributed by atoms with Gasteiger partial charge in [-0.05, 0) is 43.5 Å². The van der Waals surface area contributed by atoms with Crippen molar-refractivity contribution in [1.29, 1.82) is 0 Å². The van der Waals surface area contributed by atoms with Gasteiger partial charge < -0.3 is 15.8 Å². The smallest absolute Gasteiger partial charge is 0.118 e. The van der Waals surface area contributed by atoms with Gasteiger partial charge in [0.15, 0.2) is 0 Å². The van der Waals surface area contributed by atoms with Crippen molar-refractivity contribution in [3.05, 3.63) is 29.8 Å². The normalized spacial score (nSPS) is 23.9. The number of hydrogen-bond acceptors (Lipinski definition) is 3. The molecule has 0 aliphatic heterocycles. The molecular weight excluding hydrogens is 212 g/mol. The minimum Gasteiger partial charge on any atom is -0.497 e. The van der Waals surface area contributed by atoms with Crippen molar-refractivity contribution in [1.82, 2.24) is 5.32 Å². The topological polar surface area (TPSA) is 47.3 Å². The molecule has 1 aromatic rings. The van der Waals surface area contributed by atoms with Crippen molar-refractivity contribution in [3.63, 3.8) is 0 Å². The van der Waals surface area contributed by atoms with Crippen molar-refractivity contribution in [3.8, 4) is 5.75 Å². The van der Waals surface area contributed by atoms with E-state index in [0.717, 1.165) is 18.7 Å². The summed E-state index contributed by atoms with van der Waals surface area (Å²) in [4.78, 5) is 0. The third-order valence-electron chi connectivity index (χ3n) is 3.55. The Hall–Kier alpha value is -1.06. The third kappa shape index (κ3) is 3.45. The zero-order valence-corrected chi connectivity index (χ0v) is 10.5. The number of nitrogens with two attached hydrogens (primary N) is 1. The second-order valence-corrected chi connectivity index (χ2v) is 4.75. The van der Waals surface area contributed by atoms with Crippen LogP contribution >= 0.6 is 0 Å². The highest BCUT2D eigenvalue weighted by molar-refractivity contribution is 5.27. The molecule has 3 nitrogen and oxygen atoms in total. The molecule has 0 aromatic heterocycles. The zero-order chi connectivity index (χ0) is 12.1. The van der Waals surface area contributed by atoms with Crippen molar-refractivity contribution in [2.75, 3.05) is 13.7 Å². The maximum absolute atomic E-state index is 6.02. The van der Waals surface area contributed by atoms with E-state index in [1.54, 1.807) is 7.11 Å². The molecule has 17 heavy (non-hydrogen) atoms. The molecule has 1 fully saturated rings. The Labute approximate surface area is 103 Å². The molecule has 1 aliphatic rings. The fraction of sp³-hybridized carbons (Fsp3) is 0.571. The standard InChI is InChI=1S/C14H22N2O/c1-17-12-7-5-11(6-8-12)9-10-16-14-4-2-3-13(14)15/h5-8,13-14,16H,2-4,9-10,15H2,1H3/t13-,14-/m0/s1. The maximum atomic E-state index is 6.02. The second-order valence-electron chi connectivity index (χ2n) is 4.75. The van der Waals surface area contributed by atoms with Gasteiger partial charge in [-0.3, -0.25) is 0 Å². The Bertz CT molecular complexity index is 337. The van der Waals surface area contributed by atoms with E-state index in [9.17, 15) is 0 Å². The lowest BCUT2D eigenvalue weighted by atomic mass is 10.1. The lowest BCUT2D eigenvalue weighted by molar-refractivity contribution is 0.414. The second kappa shape index (κ2) is 6.03. The van der Waals surface area contributed by atoms with E-state index in [-0.39, 0.29) is 0 Å². The molecule has 0 saturated heterocycles. The molecule has 3 heteroatoms. The molecule has 2 rings (SSSR count). The van der Waals surface area contributed by atoms with Crippen LogP contribution in [-0.2, 0) is 6.42 Å². The monoisotopic (exact) mass is 234 g/mol. The van der Waals surface area contributed by atoms with Gasteiger partial charge >= 0.3 is 0 Å². The summed E-state index contributed by atoms with van der Waals surface area (Å²) in [7, 11) is 1.69. The minimum atomic E-state index is 0.353. The first-order valence-corrected chi connectivity index (χ1v) is 6.41. The van der Waals surface area contributed by atoms with E-state index in [1.165, 1.54) is 24.8 Å². The van der Waals surface area contributed by atoms with Crippen molar-refractivity contribution in [2.45, 2.75) is 37.8 Å². The molecule has 0 heterocycles. The van der Waals surface area contributed by atoms with Gasteiger partial charge in [0.1, 0.15) is 5.75 Å². The fourth-order valence-corrected chi connectivity index (χ4v) is 2.44. The summed E-state index contributed by atoms with van der Waals surface area (Å²) in [6.07, 6.45) is 4.71. The summed E-state index contributed by atoms with van der Waals surface area (Å²) in [6, 6.07) is 9.14. The first-order valence-electron chi connectivity index (χ1n) is 6.41. The molecule has 0 spiro atoms. The first kappa shape index (κ1) is 12.4. The van der Waals surface area contributed by atoms with Crippen LogP contribution in [-0.4, -0.2) is 25.7 Å². The summed E-state index contributed by atoms with van der Waals surface area (Å²) in [5.74, 6) is 0.916. The SMILES string of the molecule is COc1ccc(CCN[C@H]2CCC[C@@H]2N)cc1. The molecule has 1 aromatic carbocycles. The Morgan fingerprint density at radius 1 is 1.29 bits per heavy atom. The number of ether oxygens (including phenoxy) is 1. The predicted molar refractivity (Wildman–Crippen MR) is 70.3 cm³/mol. The average Bonchev–Trinajstić information content (AvgIpc) is 2.76. The van der Waals surface area contributed by atoms with Gasteiger partial charge in [0, 0.05) is 12.1 Å². The molecule has 0 unspecified atom stereocenters. The van der Waals surface area contributed by atoms with Crippen LogP contribution in [0.3, 0.4) is 0 Å². The maximum Gasteiger partial charge on any atom is 0.118 e. The van der Waals surface area contributed by atoms with Crippen molar-refractivity contribution >= 4 is 0 Å². The Balaban J connectivity index is 1.73. The number of rotatable bonds is 5. The van der Waals surface area contributed by atoms with Gasteiger partial charge in [-0.2, -0.15) is 0 Å². The molecule has 3 N–H and O–H groups in total. The van der Waals surface area contributed by atoms with Gasteiger partial charge in [-0.15, -0.1) is 0 Å². The Morgan fingerprint density at radius 2 is 2.06 bits per heavy atom. The quantitative estimate of drug-likeness (QED) is 0.815. The highest BCUT2D eigenvalue weighted by Gasteiger charge is 2.22. The van der Waals surface area contributed by atoms with Gasteiger partial charge in [-0.1, -0.05) is 18.6 Å². The zero-order valence-electron chi connectivity index (χ0n) is 10.5. The van der Waals surface area contributed by atoms with Crippen LogP contribution in [0, 0.1) is 0 Å². The Kier molecular flexibility index (Phi) is 4.40. The van der Waals surface area contributed by atoms with Crippen LogP contribution in [0.5, 0.6) is 5.75 Å². The van der Waals surface area contributed by atoms with Crippen LogP contribution < -0.4 is 15.8 Å². The summed E-state index contributed by atoms with van der Waals surface area (Å²) in [5.41, 5.74) is 7.36. The molecule has 1 saturated carbocycles. The largest absolute Gasteiger partial charge is 0.497 e. The number of hydrogen-bond donors (Lipinski definition) is 2. The molecule has 94 valence electrons. The summed E-state index contributed by atoms with van der Waals surface area (Å²) < 4.78 is 5.14. The average molecular weight is 234 g/mol. The highest BCUT2D eigenvalue weighted by Crippen LogP contribution is 2.17. The fourth-order valence-electron chi connectivity index (χ4n) is 2.44. The molecular formula is C14H22N2O. The highest BCUT2D eigenvalue weighted by atomic mass is 16.5.